The van der Waals surface area contributed by atoms with E-state index in [2.05, 4.69) is 4.98 Å². The molecule has 0 aliphatic rings. The number of furan rings is 1. The molecule has 0 amide bonds. The van der Waals surface area contributed by atoms with E-state index in [1.807, 2.05) is 49.4 Å². The van der Waals surface area contributed by atoms with Crippen molar-refractivity contribution in [2.24, 2.45) is 0 Å². The number of hydrogen-bond donors (Lipinski definition) is 1. The molecule has 0 fully saturated rings. The van der Waals surface area contributed by atoms with Crippen molar-refractivity contribution < 1.29 is 9.52 Å². The number of aliphatic hydroxyl groups is 1. The smallest absolute Gasteiger partial charge is 0.134 e. The molecule has 0 radical (unpaired) electrons. The number of nitrogens with zero attached hydrogens (tertiary/aromatic N) is 1. The molecule has 0 bridgehead atoms. The fraction of sp³-hybridized carbons (Fsp3) is 0.188. The third-order valence-electron chi connectivity index (χ3n) is 3.15. The zero-order valence-electron chi connectivity index (χ0n) is 10.7. The molecule has 0 saturated heterocycles. The van der Waals surface area contributed by atoms with Gasteiger partial charge in [0.1, 0.15) is 17.4 Å². The van der Waals surface area contributed by atoms with Crippen molar-refractivity contribution in [3.63, 3.8) is 0 Å². The molecule has 19 heavy (non-hydrogen) atoms. The first-order valence-electron chi connectivity index (χ1n) is 6.30. The van der Waals surface area contributed by atoms with Gasteiger partial charge in [-0.25, -0.2) is 0 Å². The van der Waals surface area contributed by atoms with Crippen LogP contribution in [-0.4, -0.2) is 10.1 Å². The SMILES string of the molecule is Cc1ccc(CC(O)c2cc3ccccc3o2)nc1. The molecule has 3 nitrogen and oxygen atoms in total. The molecule has 3 aromatic rings. The van der Waals surface area contributed by atoms with Crippen molar-refractivity contribution >= 4 is 11.0 Å². The highest BCUT2D eigenvalue weighted by Crippen LogP contribution is 2.25. The number of hydrogen-bond acceptors (Lipinski definition) is 3. The van der Waals surface area contributed by atoms with E-state index in [9.17, 15) is 5.11 Å². The number of aryl methyl sites for hydroxylation is 1. The summed E-state index contributed by atoms with van der Waals surface area (Å²) in [6.07, 6.45) is 1.60. The average molecular weight is 253 g/mol. The van der Waals surface area contributed by atoms with Gasteiger partial charge in [0.25, 0.3) is 0 Å². The molecular weight excluding hydrogens is 238 g/mol. The van der Waals surface area contributed by atoms with Gasteiger partial charge in [0.15, 0.2) is 0 Å². The van der Waals surface area contributed by atoms with Crippen LogP contribution in [0.5, 0.6) is 0 Å². The summed E-state index contributed by atoms with van der Waals surface area (Å²) in [6, 6.07) is 13.6. The molecule has 1 N–H and O–H groups in total. The van der Waals surface area contributed by atoms with Gasteiger partial charge < -0.3 is 9.52 Å². The minimum Gasteiger partial charge on any atom is -0.458 e. The fourth-order valence-corrected chi connectivity index (χ4v) is 2.08. The van der Waals surface area contributed by atoms with E-state index in [-0.39, 0.29) is 0 Å². The van der Waals surface area contributed by atoms with Gasteiger partial charge in [0, 0.05) is 23.7 Å². The first-order chi connectivity index (χ1) is 9.22. The van der Waals surface area contributed by atoms with Crippen molar-refractivity contribution in [3.05, 3.63) is 65.7 Å². The van der Waals surface area contributed by atoms with Crippen molar-refractivity contribution in [1.82, 2.24) is 4.98 Å². The maximum absolute atomic E-state index is 10.2. The lowest BCUT2D eigenvalue weighted by molar-refractivity contribution is 0.151. The Balaban J connectivity index is 1.83. The predicted octanol–water partition coefficient (Wildman–Crippen LogP) is 3.41. The highest BCUT2D eigenvalue weighted by atomic mass is 16.4. The second-order valence-electron chi connectivity index (χ2n) is 4.73. The molecule has 0 aliphatic heterocycles. The van der Waals surface area contributed by atoms with Crippen molar-refractivity contribution in [3.8, 4) is 0 Å². The molecule has 3 heteroatoms. The van der Waals surface area contributed by atoms with Gasteiger partial charge in [-0.2, -0.15) is 0 Å². The Hall–Kier alpha value is -2.13. The highest BCUT2D eigenvalue weighted by Gasteiger charge is 2.14. The summed E-state index contributed by atoms with van der Waals surface area (Å²) in [5.41, 5.74) is 2.77. The minimum absolute atomic E-state index is 0.458. The summed E-state index contributed by atoms with van der Waals surface area (Å²) >= 11 is 0. The van der Waals surface area contributed by atoms with E-state index in [0.717, 1.165) is 22.2 Å². The zero-order valence-corrected chi connectivity index (χ0v) is 10.7. The molecule has 1 aromatic carbocycles. The van der Waals surface area contributed by atoms with Gasteiger partial charge in [0.05, 0.1) is 0 Å². The third-order valence-corrected chi connectivity index (χ3v) is 3.15. The van der Waals surface area contributed by atoms with E-state index in [1.165, 1.54) is 0 Å². The average Bonchev–Trinajstić information content (AvgIpc) is 2.85. The second kappa shape index (κ2) is 4.86. The Bertz CT molecular complexity index is 652. The molecule has 0 spiro atoms. The van der Waals surface area contributed by atoms with E-state index in [4.69, 9.17) is 4.42 Å². The standard InChI is InChI=1S/C16H15NO2/c1-11-6-7-13(17-10-11)9-14(18)16-8-12-4-2-3-5-15(12)19-16/h2-8,10,14,18H,9H2,1H3. The number of para-hydroxylation sites is 1. The Morgan fingerprint density at radius 3 is 2.79 bits per heavy atom. The van der Waals surface area contributed by atoms with Crippen molar-refractivity contribution in [2.75, 3.05) is 0 Å². The third kappa shape index (κ3) is 2.51. The number of benzene rings is 1. The van der Waals surface area contributed by atoms with Crippen LogP contribution in [0.4, 0.5) is 0 Å². The fourth-order valence-electron chi connectivity index (χ4n) is 2.08. The van der Waals surface area contributed by atoms with Crippen LogP contribution >= 0.6 is 0 Å². The summed E-state index contributed by atoms with van der Waals surface area (Å²) in [5.74, 6) is 0.587. The monoisotopic (exact) mass is 253 g/mol. The number of fused-ring (bicyclic) bond motifs is 1. The zero-order chi connectivity index (χ0) is 13.2. The van der Waals surface area contributed by atoms with Gasteiger partial charge in [-0.05, 0) is 30.7 Å². The normalized spacial score (nSPS) is 12.7. The molecule has 96 valence electrons. The molecule has 1 atom stereocenters. The Labute approximate surface area is 111 Å². The molecule has 2 heterocycles. The number of rotatable bonds is 3. The first kappa shape index (κ1) is 11.9. The molecule has 1 unspecified atom stereocenters. The predicted molar refractivity (Wildman–Crippen MR) is 73.9 cm³/mol. The second-order valence-corrected chi connectivity index (χ2v) is 4.73. The van der Waals surface area contributed by atoms with Crippen LogP contribution in [0, 0.1) is 6.92 Å². The van der Waals surface area contributed by atoms with E-state index in [0.29, 0.717) is 12.2 Å². The summed E-state index contributed by atoms with van der Waals surface area (Å²) < 4.78 is 5.65. The van der Waals surface area contributed by atoms with Crippen LogP contribution in [0.2, 0.25) is 0 Å². The topological polar surface area (TPSA) is 46.3 Å². The summed E-state index contributed by atoms with van der Waals surface area (Å²) in [5, 5.41) is 11.2. The van der Waals surface area contributed by atoms with Gasteiger partial charge in [-0.3, -0.25) is 4.98 Å². The number of pyridine rings is 1. The van der Waals surface area contributed by atoms with Crippen LogP contribution < -0.4 is 0 Å². The first-order valence-corrected chi connectivity index (χ1v) is 6.30. The number of aromatic nitrogens is 1. The van der Waals surface area contributed by atoms with Gasteiger partial charge >= 0.3 is 0 Å². The quantitative estimate of drug-likeness (QED) is 0.778. The highest BCUT2D eigenvalue weighted by molar-refractivity contribution is 5.77. The van der Waals surface area contributed by atoms with Crippen LogP contribution in [0.25, 0.3) is 11.0 Å². The van der Waals surface area contributed by atoms with E-state index in [1.54, 1.807) is 6.20 Å². The Morgan fingerprint density at radius 1 is 1.21 bits per heavy atom. The maximum Gasteiger partial charge on any atom is 0.134 e. The van der Waals surface area contributed by atoms with Crippen LogP contribution in [-0.2, 0) is 6.42 Å². The van der Waals surface area contributed by atoms with E-state index < -0.39 is 6.10 Å². The van der Waals surface area contributed by atoms with Gasteiger partial charge in [0.2, 0.25) is 0 Å². The summed E-state index contributed by atoms with van der Waals surface area (Å²) in [6.45, 7) is 1.99. The van der Waals surface area contributed by atoms with Crippen LogP contribution in [0.15, 0.2) is 53.1 Å². The summed E-state index contributed by atoms with van der Waals surface area (Å²) in [4.78, 5) is 4.30. The Morgan fingerprint density at radius 2 is 2.05 bits per heavy atom. The Kier molecular flexibility index (Phi) is 3.05. The molecular formula is C16H15NO2. The largest absolute Gasteiger partial charge is 0.458 e. The van der Waals surface area contributed by atoms with Gasteiger partial charge in [-0.1, -0.05) is 24.3 Å². The lowest BCUT2D eigenvalue weighted by Gasteiger charge is -2.06. The molecule has 3 rings (SSSR count). The number of aliphatic hydroxyl groups excluding tert-OH is 1. The van der Waals surface area contributed by atoms with Crippen LogP contribution in [0.3, 0.4) is 0 Å². The lowest BCUT2D eigenvalue weighted by atomic mass is 10.1. The molecule has 0 saturated carbocycles. The van der Waals surface area contributed by atoms with Gasteiger partial charge in [-0.15, -0.1) is 0 Å². The van der Waals surface area contributed by atoms with E-state index >= 15 is 0 Å². The maximum atomic E-state index is 10.2. The molecule has 2 aromatic heterocycles. The molecule has 0 aliphatic carbocycles. The van der Waals surface area contributed by atoms with Crippen LogP contribution in [0.1, 0.15) is 23.1 Å². The lowest BCUT2D eigenvalue weighted by Crippen LogP contribution is -2.02. The minimum atomic E-state index is -0.664. The van der Waals surface area contributed by atoms with Crippen molar-refractivity contribution in [1.29, 1.82) is 0 Å². The summed E-state index contributed by atoms with van der Waals surface area (Å²) in [7, 11) is 0. The van der Waals surface area contributed by atoms with Crippen molar-refractivity contribution in [2.45, 2.75) is 19.4 Å².